The van der Waals surface area contributed by atoms with E-state index in [-0.39, 0.29) is 16.3 Å². The molecule has 0 bridgehead atoms. The molecule has 0 saturated heterocycles. The first-order valence-electron chi connectivity index (χ1n) is 5.88. The Hall–Kier alpha value is -2.08. The first kappa shape index (κ1) is 14.3. The first-order valence-corrected chi connectivity index (χ1v) is 7.36. The van der Waals surface area contributed by atoms with Crippen LogP contribution in [0.1, 0.15) is 11.1 Å². The SMILES string of the molecule is Cc1ccc(S(=O)(=O)Nc2ccc(O)cc2F)cc1C. The Morgan fingerprint density at radius 2 is 1.75 bits per heavy atom. The third kappa shape index (κ3) is 2.91. The zero-order chi connectivity index (χ0) is 14.9. The Bertz CT molecular complexity index is 757. The standard InChI is InChI=1S/C14H14FNO3S/c1-9-3-5-12(7-10(9)2)20(18,19)16-14-6-4-11(17)8-13(14)15/h3-8,16-17H,1-2H3. The van der Waals surface area contributed by atoms with Crippen LogP contribution in [0.3, 0.4) is 0 Å². The zero-order valence-corrected chi connectivity index (χ0v) is 11.8. The van der Waals surface area contributed by atoms with Gasteiger partial charge in [-0.3, -0.25) is 4.72 Å². The number of benzene rings is 2. The van der Waals surface area contributed by atoms with E-state index in [9.17, 15) is 12.8 Å². The Kier molecular flexibility index (Phi) is 3.67. The van der Waals surface area contributed by atoms with E-state index < -0.39 is 15.8 Å². The molecule has 0 aliphatic heterocycles. The molecule has 20 heavy (non-hydrogen) atoms. The van der Waals surface area contributed by atoms with Crippen LogP contribution in [0.25, 0.3) is 0 Å². The van der Waals surface area contributed by atoms with E-state index in [1.807, 2.05) is 6.92 Å². The first-order chi connectivity index (χ1) is 9.29. The van der Waals surface area contributed by atoms with Crippen molar-refractivity contribution in [3.8, 4) is 5.75 Å². The number of nitrogens with one attached hydrogen (secondary N) is 1. The molecule has 0 radical (unpaired) electrons. The molecule has 2 rings (SSSR count). The van der Waals surface area contributed by atoms with Crippen molar-refractivity contribution < 1.29 is 17.9 Å². The second-order valence-corrected chi connectivity index (χ2v) is 6.20. The van der Waals surface area contributed by atoms with Gasteiger partial charge in [-0.25, -0.2) is 12.8 Å². The van der Waals surface area contributed by atoms with Gasteiger partial charge in [-0.05, 0) is 49.2 Å². The van der Waals surface area contributed by atoms with Gasteiger partial charge in [0.1, 0.15) is 5.75 Å². The van der Waals surface area contributed by atoms with Crippen LogP contribution in [0.4, 0.5) is 10.1 Å². The maximum Gasteiger partial charge on any atom is 0.261 e. The molecule has 2 aromatic rings. The largest absolute Gasteiger partial charge is 0.508 e. The summed E-state index contributed by atoms with van der Waals surface area (Å²) < 4.78 is 40.0. The molecule has 0 amide bonds. The van der Waals surface area contributed by atoms with E-state index in [2.05, 4.69) is 4.72 Å². The summed E-state index contributed by atoms with van der Waals surface area (Å²) >= 11 is 0. The van der Waals surface area contributed by atoms with Crippen molar-refractivity contribution in [2.45, 2.75) is 18.7 Å². The van der Waals surface area contributed by atoms with Gasteiger partial charge in [0.25, 0.3) is 10.0 Å². The minimum atomic E-state index is -3.86. The van der Waals surface area contributed by atoms with Crippen LogP contribution in [-0.4, -0.2) is 13.5 Å². The molecule has 0 unspecified atom stereocenters. The van der Waals surface area contributed by atoms with Crippen molar-refractivity contribution in [3.05, 3.63) is 53.3 Å². The van der Waals surface area contributed by atoms with E-state index in [1.54, 1.807) is 13.0 Å². The van der Waals surface area contributed by atoms with Gasteiger partial charge in [0.05, 0.1) is 10.6 Å². The highest BCUT2D eigenvalue weighted by Crippen LogP contribution is 2.23. The molecule has 6 heteroatoms. The number of hydrogen-bond acceptors (Lipinski definition) is 3. The highest BCUT2D eigenvalue weighted by molar-refractivity contribution is 7.92. The average Bonchev–Trinajstić information content (AvgIpc) is 2.36. The maximum absolute atomic E-state index is 13.6. The Morgan fingerprint density at radius 1 is 1.05 bits per heavy atom. The van der Waals surface area contributed by atoms with Crippen molar-refractivity contribution in [1.82, 2.24) is 0 Å². The number of sulfonamides is 1. The lowest BCUT2D eigenvalue weighted by Crippen LogP contribution is -2.14. The summed E-state index contributed by atoms with van der Waals surface area (Å²) in [6.45, 7) is 3.67. The van der Waals surface area contributed by atoms with E-state index >= 15 is 0 Å². The fraction of sp³-hybridized carbons (Fsp3) is 0.143. The molecule has 2 aromatic carbocycles. The number of halogens is 1. The highest BCUT2D eigenvalue weighted by Gasteiger charge is 2.17. The lowest BCUT2D eigenvalue weighted by atomic mass is 10.1. The highest BCUT2D eigenvalue weighted by atomic mass is 32.2. The second kappa shape index (κ2) is 5.13. The fourth-order valence-electron chi connectivity index (χ4n) is 1.67. The maximum atomic E-state index is 13.6. The number of hydrogen-bond donors (Lipinski definition) is 2. The number of aromatic hydroxyl groups is 1. The number of rotatable bonds is 3. The number of anilines is 1. The van der Waals surface area contributed by atoms with E-state index in [0.717, 1.165) is 17.2 Å². The second-order valence-electron chi connectivity index (χ2n) is 4.52. The van der Waals surface area contributed by atoms with Gasteiger partial charge in [-0.15, -0.1) is 0 Å². The van der Waals surface area contributed by atoms with E-state index in [1.165, 1.54) is 24.3 Å². The van der Waals surface area contributed by atoms with Crippen LogP contribution in [0.5, 0.6) is 5.75 Å². The molecular formula is C14H14FNO3S. The van der Waals surface area contributed by atoms with Gasteiger partial charge >= 0.3 is 0 Å². The Balaban J connectivity index is 2.38. The summed E-state index contributed by atoms with van der Waals surface area (Å²) in [6.07, 6.45) is 0. The molecular weight excluding hydrogens is 281 g/mol. The summed E-state index contributed by atoms with van der Waals surface area (Å²) in [6, 6.07) is 7.90. The Morgan fingerprint density at radius 3 is 2.35 bits per heavy atom. The molecule has 0 atom stereocenters. The van der Waals surface area contributed by atoms with Crippen molar-refractivity contribution in [2.24, 2.45) is 0 Å². The fourth-order valence-corrected chi connectivity index (χ4v) is 2.82. The normalized spacial score (nSPS) is 11.3. The zero-order valence-electron chi connectivity index (χ0n) is 11.0. The summed E-state index contributed by atoms with van der Waals surface area (Å²) in [5, 5.41) is 9.10. The van der Waals surface area contributed by atoms with Gasteiger partial charge < -0.3 is 5.11 Å². The third-order valence-corrected chi connectivity index (χ3v) is 4.35. The van der Waals surface area contributed by atoms with Gasteiger partial charge in [0.2, 0.25) is 0 Å². The summed E-state index contributed by atoms with van der Waals surface area (Å²) in [4.78, 5) is 0.0630. The smallest absolute Gasteiger partial charge is 0.261 e. The van der Waals surface area contributed by atoms with Crippen molar-refractivity contribution in [3.63, 3.8) is 0 Å². The molecule has 106 valence electrons. The van der Waals surface area contributed by atoms with Crippen molar-refractivity contribution in [2.75, 3.05) is 4.72 Å². The van der Waals surface area contributed by atoms with Crippen LogP contribution in [0, 0.1) is 19.7 Å². The van der Waals surface area contributed by atoms with Gasteiger partial charge in [-0.2, -0.15) is 0 Å². The van der Waals surface area contributed by atoms with Gasteiger partial charge in [-0.1, -0.05) is 6.07 Å². The molecule has 0 heterocycles. The van der Waals surface area contributed by atoms with Crippen LogP contribution < -0.4 is 4.72 Å². The summed E-state index contributed by atoms with van der Waals surface area (Å²) in [5.74, 6) is -1.10. The van der Waals surface area contributed by atoms with Crippen LogP contribution in [-0.2, 0) is 10.0 Å². The van der Waals surface area contributed by atoms with Gasteiger partial charge in [0.15, 0.2) is 5.82 Å². The van der Waals surface area contributed by atoms with Crippen LogP contribution in [0.2, 0.25) is 0 Å². The quantitative estimate of drug-likeness (QED) is 0.856. The number of phenols is 1. The van der Waals surface area contributed by atoms with Crippen molar-refractivity contribution in [1.29, 1.82) is 0 Å². The molecule has 2 N–H and O–H groups in total. The third-order valence-electron chi connectivity index (χ3n) is 2.99. The summed E-state index contributed by atoms with van der Waals surface area (Å²) in [7, 11) is -3.86. The topological polar surface area (TPSA) is 66.4 Å². The molecule has 0 aliphatic carbocycles. The number of phenolic OH excluding ortho intramolecular Hbond substituents is 1. The van der Waals surface area contributed by atoms with Gasteiger partial charge in [0, 0.05) is 6.07 Å². The molecule has 0 fully saturated rings. The molecule has 0 spiro atoms. The molecule has 0 aliphatic rings. The minimum absolute atomic E-state index is 0.0630. The molecule has 0 saturated carbocycles. The predicted molar refractivity (Wildman–Crippen MR) is 74.8 cm³/mol. The summed E-state index contributed by atoms with van der Waals surface area (Å²) in [5.41, 5.74) is 1.60. The van der Waals surface area contributed by atoms with E-state index in [0.29, 0.717) is 0 Å². The monoisotopic (exact) mass is 295 g/mol. The predicted octanol–water partition coefficient (Wildman–Crippen LogP) is 2.95. The lowest BCUT2D eigenvalue weighted by molar-refractivity contribution is 0.469. The van der Waals surface area contributed by atoms with Crippen LogP contribution >= 0.6 is 0 Å². The lowest BCUT2D eigenvalue weighted by Gasteiger charge is -2.10. The Labute approximate surface area is 116 Å². The molecule has 0 aromatic heterocycles. The van der Waals surface area contributed by atoms with E-state index in [4.69, 9.17) is 5.11 Å². The number of aryl methyl sites for hydroxylation is 2. The molecule has 4 nitrogen and oxygen atoms in total. The minimum Gasteiger partial charge on any atom is -0.508 e. The van der Waals surface area contributed by atoms with Crippen LogP contribution in [0.15, 0.2) is 41.3 Å². The van der Waals surface area contributed by atoms with Crippen molar-refractivity contribution >= 4 is 15.7 Å². The average molecular weight is 295 g/mol.